The van der Waals surface area contributed by atoms with Gasteiger partial charge in [0.05, 0.1) is 11.2 Å². The van der Waals surface area contributed by atoms with Crippen LogP contribution < -0.4 is 0 Å². The smallest absolute Gasteiger partial charge is 0.0966 e. The summed E-state index contributed by atoms with van der Waals surface area (Å²) in [5.41, 5.74) is 3.86. The molecule has 0 unspecified atom stereocenters. The van der Waals surface area contributed by atoms with Crippen LogP contribution in [0.4, 0.5) is 5.69 Å². The summed E-state index contributed by atoms with van der Waals surface area (Å²) in [6.07, 6.45) is 3.55. The fourth-order valence-electron chi connectivity index (χ4n) is 1.75. The summed E-state index contributed by atoms with van der Waals surface area (Å²) >= 11 is 0. The maximum atomic E-state index is 4.34. The number of rotatable bonds is 2. The van der Waals surface area contributed by atoms with Crippen LogP contribution >= 0.6 is 0 Å². The Balaban J connectivity index is 2.97. The van der Waals surface area contributed by atoms with Crippen molar-refractivity contribution in [3.05, 3.63) is 42.1 Å². The number of fused-ring (bicyclic) bond motifs is 1. The van der Waals surface area contributed by atoms with Crippen LogP contribution in [0.15, 0.2) is 36.0 Å². The topological polar surface area (TPSA) is 25.2 Å². The Morgan fingerprint density at radius 1 is 1.47 bits per heavy atom. The van der Waals surface area contributed by atoms with Crippen molar-refractivity contribution >= 4 is 29.4 Å². The van der Waals surface area contributed by atoms with Crippen LogP contribution in [-0.2, 0) is 0 Å². The lowest BCUT2D eigenvalue weighted by Gasteiger charge is -2.07. The molecular weight excluding hydrogens is 184 g/mol. The Bertz CT molecular complexity index is 541. The molecule has 0 fully saturated rings. The molecule has 0 radical (unpaired) electrons. The normalized spacial score (nSPS) is 10.2. The Morgan fingerprint density at radius 2 is 2.27 bits per heavy atom. The molecule has 1 heterocycles. The van der Waals surface area contributed by atoms with E-state index in [-0.39, 0.29) is 0 Å². The molecule has 0 atom stereocenters. The number of aliphatic imine (C=N–C) groups is 1. The van der Waals surface area contributed by atoms with Crippen molar-refractivity contribution in [3.63, 3.8) is 0 Å². The molecule has 2 heteroatoms. The Hall–Kier alpha value is -1.96. The third-order valence-electron chi connectivity index (χ3n) is 2.48. The van der Waals surface area contributed by atoms with Crippen molar-refractivity contribution < 1.29 is 0 Å². The summed E-state index contributed by atoms with van der Waals surface area (Å²) < 4.78 is 0. The van der Waals surface area contributed by atoms with E-state index in [0.717, 1.165) is 22.2 Å². The molecule has 2 rings (SSSR count). The maximum absolute atomic E-state index is 4.34. The largest absolute Gasteiger partial charge is 0.262 e. The van der Waals surface area contributed by atoms with Gasteiger partial charge in [0.1, 0.15) is 0 Å². The average molecular weight is 196 g/mol. The molecule has 0 saturated carbocycles. The molecule has 0 aliphatic rings. The number of hydrogen-bond acceptors (Lipinski definition) is 2. The van der Waals surface area contributed by atoms with Crippen molar-refractivity contribution in [2.45, 2.75) is 6.92 Å². The summed E-state index contributed by atoms with van der Waals surface area (Å²) in [7, 11) is 0. The van der Waals surface area contributed by atoms with E-state index in [1.54, 1.807) is 12.3 Å². The van der Waals surface area contributed by atoms with Crippen molar-refractivity contribution in [3.8, 4) is 0 Å². The zero-order valence-electron chi connectivity index (χ0n) is 8.70. The zero-order chi connectivity index (χ0) is 10.8. The Morgan fingerprint density at radius 3 is 2.93 bits per heavy atom. The molecule has 2 aromatic rings. The SMILES string of the molecule is C=Cc1cc(C)c2cccnc2c1N=C. The number of pyridine rings is 1. The minimum absolute atomic E-state index is 0.811. The second kappa shape index (κ2) is 3.65. The summed E-state index contributed by atoms with van der Waals surface area (Å²) in [4.78, 5) is 8.37. The van der Waals surface area contributed by atoms with Gasteiger partial charge < -0.3 is 0 Å². The van der Waals surface area contributed by atoms with E-state index in [4.69, 9.17) is 0 Å². The third kappa shape index (κ3) is 1.44. The highest BCUT2D eigenvalue weighted by molar-refractivity contribution is 5.96. The van der Waals surface area contributed by atoms with Crippen molar-refractivity contribution in [2.24, 2.45) is 4.99 Å². The molecule has 15 heavy (non-hydrogen) atoms. The van der Waals surface area contributed by atoms with E-state index >= 15 is 0 Å². The highest BCUT2D eigenvalue weighted by Gasteiger charge is 2.07. The predicted molar refractivity (Wildman–Crippen MR) is 65.8 cm³/mol. The van der Waals surface area contributed by atoms with E-state index in [9.17, 15) is 0 Å². The first kappa shape index (κ1) is 9.59. The fourth-order valence-corrected chi connectivity index (χ4v) is 1.75. The lowest BCUT2D eigenvalue weighted by atomic mass is 10.0. The third-order valence-corrected chi connectivity index (χ3v) is 2.48. The molecule has 74 valence electrons. The average Bonchev–Trinajstić information content (AvgIpc) is 2.29. The summed E-state index contributed by atoms with van der Waals surface area (Å²) in [6, 6.07) is 6.02. The van der Waals surface area contributed by atoms with Gasteiger partial charge >= 0.3 is 0 Å². The zero-order valence-corrected chi connectivity index (χ0v) is 8.70. The quantitative estimate of drug-likeness (QED) is 0.674. The van der Waals surface area contributed by atoms with E-state index in [1.165, 1.54) is 5.56 Å². The van der Waals surface area contributed by atoms with Crippen molar-refractivity contribution in [1.82, 2.24) is 4.98 Å². The van der Waals surface area contributed by atoms with Gasteiger partial charge in [-0.1, -0.05) is 18.7 Å². The first-order valence-electron chi connectivity index (χ1n) is 4.75. The molecule has 1 aromatic heterocycles. The number of aromatic nitrogens is 1. The Kier molecular flexibility index (Phi) is 2.34. The van der Waals surface area contributed by atoms with E-state index < -0.39 is 0 Å². The molecule has 0 N–H and O–H groups in total. The lowest BCUT2D eigenvalue weighted by molar-refractivity contribution is 1.37. The fraction of sp³-hybridized carbons (Fsp3) is 0.0769. The van der Waals surface area contributed by atoms with Crippen LogP contribution in [0.5, 0.6) is 0 Å². The number of hydrogen-bond donors (Lipinski definition) is 0. The highest BCUT2D eigenvalue weighted by Crippen LogP contribution is 2.31. The lowest BCUT2D eigenvalue weighted by Crippen LogP contribution is -1.86. The minimum atomic E-state index is 0.811. The number of aryl methyl sites for hydroxylation is 1. The van der Waals surface area contributed by atoms with Gasteiger partial charge in [0, 0.05) is 17.1 Å². The van der Waals surface area contributed by atoms with Crippen LogP contribution in [0.25, 0.3) is 17.0 Å². The minimum Gasteiger partial charge on any atom is -0.262 e. The van der Waals surface area contributed by atoms with Crippen LogP contribution in [-0.4, -0.2) is 11.7 Å². The summed E-state index contributed by atoms with van der Waals surface area (Å²) in [5, 5.41) is 1.12. The van der Waals surface area contributed by atoms with Gasteiger partial charge in [-0.05, 0) is 31.3 Å². The molecule has 0 saturated heterocycles. The van der Waals surface area contributed by atoms with Crippen LogP contribution in [0.2, 0.25) is 0 Å². The highest BCUT2D eigenvalue weighted by atomic mass is 14.8. The van der Waals surface area contributed by atoms with Crippen LogP contribution in [0.3, 0.4) is 0 Å². The van der Waals surface area contributed by atoms with E-state index in [1.807, 2.05) is 12.1 Å². The van der Waals surface area contributed by atoms with Crippen molar-refractivity contribution in [2.75, 3.05) is 0 Å². The van der Waals surface area contributed by atoms with Gasteiger partial charge in [-0.25, -0.2) is 0 Å². The molecule has 0 amide bonds. The molecule has 2 nitrogen and oxygen atoms in total. The second-order valence-electron chi connectivity index (χ2n) is 3.39. The van der Waals surface area contributed by atoms with Gasteiger partial charge in [-0.2, -0.15) is 0 Å². The van der Waals surface area contributed by atoms with Gasteiger partial charge in [0.15, 0.2) is 0 Å². The first-order valence-corrected chi connectivity index (χ1v) is 4.75. The number of nitrogens with zero attached hydrogens (tertiary/aromatic N) is 2. The Labute approximate surface area is 89.0 Å². The van der Waals surface area contributed by atoms with Gasteiger partial charge in [0.25, 0.3) is 0 Å². The standard InChI is InChI=1S/C13H12N2/c1-4-10-8-9(2)11-6-5-7-15-13(11)12(10)14-3/h4-8H,1,3H2,2H3. The predicted octanol–water partition coefficient (Wildman–Crippen LogP) is 3.52. The van der Waals surface area contributed by atoms with Gasteiger partial charge in [-0.3, -0.25) is 9.98 Å². The molecular formula is C13H12N2. The molecule has 0 spiro atoms. The van der Waals surface area contributed by atoms with Crippen molar-refractivity contribution in [1.29, 1.82) is 0 Å². The molecule has 0 bridgehead atoms. The number of benzene rings is 1. The maximum Gasteiger partial charge on any atom is 0.0966 e. The van der Waals surface area contributed by atoms with Gasteiger partial charge in [-0.15, -0.1) is 0 Å². The second-order valence-corrected chi connectivity index (χ2v) is 3.39. The molecule has 1 aromatic carbocycles. The summed E-state index contributed by atoms with van der Waals surface area (Å²) in [6.45, 7) is 9.41. The van der Waals surface area contributed by atoms with E-state index in [0.29, 0.717) is 0 Å². The monoisotopic (exact) mass is 196 g/mol. The molecule has 0 aliphatic carbocycles. The van der Waals surface area contributed by atoms with Crippen LogP contribution in [0, 0.1) is 6.92 Å². The first-order chi connectivity index (χ1) is 7.27. The molecule has 0 aliphatic heterocycles. The van der Waals surface area contributed by atoms with E-state index in [2.05, 4.69) is 36.3 Å². The van der Waals surface area contributed by atoms with Crippen LogP contribution in [0.1, 0.15) is 11.1 Å². The van der Waals surface area contributed by atoms with Gasteiger partial charge in [0.2, 0.25) is 0 Å². The summed E-state index contributed by atoms with van der Waals surface area (Å²) in [5.74, 6) is 0.